The van der Waals surface area contributed by atoms with Crippen LogP contribution in [0.4, 0.5) is 11.4 Å². The maximum absolute atomic E-state index is 12.7. The van der Waals surface area contributed by atoms with Gasteiger partial charge in [0.25, 0.3) is 0 Å². The Kier molecular flexibility index (Phi) is 5.77. The van der Waals surface area contributed by atoms with Crippen LogP contribution in [0.2, 0.25) is 0 Å². The topological polar surface area (TPSA) is 86.8 Å². The summed E-state index contributed by atoms with van der Waals surface area (Å²) in [7, 11) is -0.698. The van der Waals surface area contributed by atoms with Gasteiger partial charge in [-0.25, -0.2) is 12.7 Å². The summed E-state index contributed by atoms with van der Waals surface area (Å²) in [5.74, 6) is -0.905. The molecule has 1 N–H and O–H groups in total. The lowest BCUT2D eigenvalue weighted by atomic mass is 10.1. The molecule has 1 saturated heterocycles. The largest absolute Gasteiger partial charge is 0.326 e. The van der Waals surface area contributed by atoms with Gasteiger partial charge in [0.15, 0.2) is 0 Å². The van der Waals surface area contributed by atoms with E-state index in [4.69, 9.17) is 0 Å². The van der Waals surface area contributed by atoms with Crippen molar-refractivity contribution in [3.63, 3.8) is 0 Å². The summed E-state index contributed by atoms with van der Waals surface area (Å²) in [6.07, 6.45) is 0.119. The number of anilines is 2. The van der Waals surface area contributed by atoms with Crippen LogP contribution in [0.5, 0.6) is 0 Å². The van der Waals surface area contributed by atoms with Crippen molar-refractivity contribution in [1.82, 2.24) is 4.31 Å². The van der Waals surface area contributed by atoms with Gasteiger partial charge in [-0.15, -0.1) is 0 Å². The summed E-state index contributed by atoms with van der Waals surface area (Å²) in [6, 6.07) is 12.4. The normalized spacial score (nSPS) is 17.1. The molecule has 1 aliphatic rings. The van der Waals surface area contributed by atoms with Gasteiger partial charge < -0.3 is 10.2 Å². The van der Waals surface area contributed by atoms with Crippen molar-refractivity contribution < 1.29 is 18.0 Å². The van der Waals surface area contributed by atoms with Crippen LogP contribution in [0.1, 0.15) is 17.5 Å². The monoisotopic (exact) mass is 415 g/mol. The van der Waals surface area contributed by atoms with E-state index in [1.165, 1.54) is 20.2 Å². The van der Waals surface area contributed by atoms with E-state index in [-0.39, 0.29) is 23.1 Å². The predicted octanol–water partition coefficient (Wildman–Crippen LogP) is 2.55. The summed E-state index contributed by atoms with van der Waals surface area (Å²) in [5.41, 5.74) is 2.85. The number of aryl methyl sites for hydroxylation is 2. The Bertz CT molecular complexity index is 1050. The Morgan fingerprint density at radius 2 is 1.76 bits per heavy atom. The zero-order valence-corrected chi connectivity index (χ0v) is 17.8. The molecule has 0 radical (unpaired) electrons. The minimum Gasteiger partial charge on any atom is -0.326 e. The fraction of sp³-hybridized carbons (Fsp3) is 0.333. The quantitative estimate of drug-likeness (QED) is 0.813. The van der Waals surface area contributed by atoms with Crippen molar-refractivity contribution >= 4 is 33.2 Å². The number of hydrogen-bond donors (Lipinski definition) is 1. The summed E-state index contributed by atoms with van der Waals surface area (Å²) >= 11 is 0. The van der Waals surface area contributed by atoms with Crippen molar-refractivity contribution in [1.29, 1.82) is 0 Å². The molecule has 0 spiro atoms. The highest BCUT2D eigenvalue weighted by Gasteiger charge is 2.35. The fourth-order valence-corrected chi connectivity index (χ4v) is 4.40. The van der Waals surface area contributed by atoms with Gasteiger partial charge in [0.2, 0.25) is 21.8 Å². The van der Waals surface area contributed by atoms with Gasteiger partial charge in [-0.05, 0) is 43.7 Å². The molecule has 2 aromatic rings. The van der Waals surface area contributed by atoms with E-state index < -0.39 is 15.9 Å². The van der Waals surface area contributed by atoms with E-state index in [0.717, 1.165) is 15.6 Å². The molecule has 1 aliphatic heterocycles. The smallest absolute Gasteiger partial charge is 0.242 e. The Balaban J connectivity index is 1.76. The lowest BCUT2D eigenvalue weighted by molar-refractivity contribution is -0.122. The van der Waals surface area contributed by atoms with E-state index >= 15 is 0 Å². The summed E-state index contributed by atoms with van der Waals surface area (Å²) < 4.78 is 26.1. The van der Waals surface area contributed by atoms with Gasteiger partial charge in [-0.2, -0.15) is 0 Å². The minimum atomic E-state index is -3.62. The standard InChI is InChI=1S/C21H25N3O4S/c1-14-5-9-18(10-6-14)24-13-16(11-20(24)25)21(26)22-17-8-7-15(2)19(12-17)29(27,28)23(3)4/h5-10,12,16H,11,13H2,1-4H3,(H,22,26)/t16-/m1/s1. The Labute approximate surface area is 171 Å². The van der Waals surface area contributed by atoms with E-state index in [0.29, 0.717) is 17.8 Å². The molecule has 29 heavy (non-hydrogen) atoms. The van der Waals surface area contributed by atoms with Gasteiger partial charge >= 0.3 is 0 Å². The van der Waals surface area contributed by atoms with E-state index in [9.17, 15) is 18.0 Å². The van der Waals surface area contributed by atoms with Crippen molar-refractivity contribution in [2.75, 3.05) is 30.9 Å². The number of nitrogens with one attached hydrogen (secondary N) is 1. The molecule has 2 aromatic carbocycles. The van der Waals surface area contributed by atoms with Crippen LogP contribution in [-0.2, 0) is 19.6 Å². The molecule has 0 bridgehead atoms. The van der Waals surface area contributed by atoms with Crippen molar-refractivity contribution in [3.8, 4) is 0 Å². The van der Waals surface area contributed by atoms with Crippen molar-refractivity contribution in [3.05, 3.63) is 53.6 Å². The van der Waals surface area contributed by atoms with Crippen molar-refractivity contribution in [2.24, 2.45) is 5.92 Å². The van der Waals surface area contributed by atoms with Gasteiger partial charge in [-0.3, -0.25) is 9.59 Å². The third kappa shape index (κ3) is 4.33. The van der Waals surface area contributed by atoms with Crippen LogP contribution >= 0.6 is 0 Å². The number of nitrogens with zero attached hydrogens (tertiary/aromatic N) is 2. The first-order chi connectivity index (χ1) is 13.6. The lowest BCUT2D eigenvalue weighted by Gasteiger charge is -2.17. The number of amides is 2. The molecule has 0 aromatic heterocycles. The number of carbonyl (C=O) groups excluding carboxylic acids is 2. The average Bonchev–Trinajstić information content (AvgIpc) is 3.05. The molecule has 3 rings (SSSR count). The van der Waals surface area contributed by atoms with Gasteiger partial charge in [0, 0.05) is 38.4 Å². The zero-order chi connectivity index (χ0) is 21.3. The molecule has 1 heterocycles. The van der Waals surface area contributed by atoms with Crippen LogP contribution in [0, 0.1) is 19.8 Å². The van der Waals surface area contributed by atoms with Crippen LogP contribution in [-0.4, -0.2) is 45.2 Å². The SMILES string of the molecule is Cc1ccc(N2C[C@H](C(=O)Nc3ccc(C)c(S(=O)(=O)N(C)C)c3)CC2=O)cc1. The molecule has 0 aliphatic carbocycles. The molecule has 1 atom stereocenters. The zero-order valence-electron chi connectivity index (χ0n) is 17.0. The van der Waals surface area contributed by atoms with E-state index in [1.54, 1.807) is 24.0 Å². The third-order valence-corrected chi connectivity index (χ3v) is 7.01. The summed E-state index contributed by atoms with van der Waals surface area (Å²) in [5, 5.41) is 2.76. The second-order valence-corrected chi connectivity index (χ2v) is 9.62. The molecule has 8 heteroatoms. The fourth-order valence-electron chi connectivity index (χ4n) is 3.25. The maximum Gasteiger partial charge on any atom is 0.242 e. The summed E-state index contributed by atoms with van der Waals surface area (Å²) in [6.45, 7) is 3.97. The second-order valence-electron chi connectivity index (χ2n) is 7.50. The van der Waals surface area contributed by atoms with Gasteiger partial charge in [0.05, 0.1) is 10.8 Å². The molecular weight excluding hydrogens is 390 g/mol. The van der Waals surface area contributed by atoms with Crippen LogP contribution in [0.3, 0.4) is 0 Å². The summed E-state index contributed by atoms with van der Waals surface area (Å²) in [4.78, 5) is 26.9. The van der Waals surface area contributed by atoms with E-state index in [2.05, 4.69) is 5.32 Å². The first kappa shape index (κ1) is 21.0. The number of rotatable bonds is 5. The minimum absolute atomic E-state index is 0.103. The molecule has 2 amide bonds. The molecule has 154 valence electrons. The average molecular weight is 416 g/mol. The first-order valence-electron chi connectivity index (χ1n) is 9.30. The number of carbonyl (C=O) groups is 2. The number of benzene rings is 2. The van der Waals surface area contributed by atoms with Crippen LogP contribution in [0.25, 0.3) is 0 Å². The Morgan fingerprint density at radius 1 is 1.10 bits per heavy atom. The molecule has 0 unspecified atom stereocenters. The highest BCUT2D eigenvalue weighted by molar-refractivity contribution is 7.89. The highest BCUT2D eigenvalue weighted by atomic mass is 32.2. The van der Waals surface area contributed by atoms with E-state index in [1.807, 2.05) is 31.2 Å². The third-order valence-electron chi connectivity index (χ3n) is 5.06. The number of sulfonamides is 1. The highest BCUT2D eigenvalue weighted by Crippen LogP contribution is 2.27. The Morgan fingerprint density at radius 3 is 2.38 bits per heavy atom. The Hall–Kier alpha value is -2.71. The van der Waals surface area contributed by atoms with Crippen LogP contribution < -0.4 is 10.2 Å². The molecule has 0 saturated carbocycles. The molecular formula is C21H25N3O4S. The second kappa shape index (κ2) is 7.96. The van der Waals surface area contributed by atoms with Crippen molar-refractivity contribution in [2.45, 2.75) is 25.2 Å². The predicted molar refractivity (Wildman–Crippen MR) is 112 cm³/mol. The molecule has 7 nitrogen and oxygen atoms in total. The van der Waals surface area contributed by atoms with Gasteiger partial charge in [-0.1, -0.05) is 23.8 Å². The number of hydrogen-bond acceptors (Lipinski definition) is 4. The van der Waals surface area contributed by atoms with Gasteiger partial charge in [0.1, 0.15) is 0 Å². The van der Waals surface area contributed by atoms with Crippen LogP contribution in [0.15, 0.2) is 47.4 Å². The lowest BCUT2D eigenvalue weighted by Crippen LogP contribution is -2.28. The maximum atomic E-state index is 12.7. The molecule has 1 fully saturated rings. The first-order valence-corrected chi connectivity index (χ1v) is 10.7.